The van der Waals surface area contributed by atoms with Gasteiger partial charge in [-0.25, -0.2) is 0 Å². The molecular weight excluding hydrogens is 194 g/mol. The number of benzene rings is 1. The molecule has 0 spiro atoms. The molecule has 0 saturated heterocycles. The summed E-state index contributed by atoms with van der Waals surface area (Å²) >= 11 is 0. The van der Waals surface area contributed by atoms with Gasteiger partial charge in [0, 0.05) is 6.04 Å². The van der Waals surface area contributed by atoms with Crippen molar-refractivity contribution in [2.45, 2.75) is 40.2 Å². The maximum Gasteiger partial charge on any atom is 0.00105 e. The van der Waals surface area contributed by atoms with Crippen molar-refractivity contribution >= 4 is 6.08 Å². The third-order valence-corrected chi connectivity index (χ3v) is 2.81. The molecule has 0 aromatic heterocycles. The quantitative estimate of drug-likeness (QED) is 0.741. The molecule has 0 aliphatic heterocycles. The van der Waals surface area contributed by atoms with E-state index in [1.807, 2.05) is 0 Å². The molecule has 16 heavy (non-hydrogen) atoms. The molecule has 0 fully saturated rings. The van der Waals surface area contributed by atoms with Gasteiger partial charge in [0.1, 0.15) is 0 Å². The molecule has 88 valence electrons. The Kier molecular flexibility index (Phi) is 5.27. The zero-order valence-electron chi connectivity index (χ0n) is 10.9. The summed E-state index contributed by atoms with van der Waals surface area (Å²) in [7, 11) is 0. The molecule has 0 aliphatic rings. The smallest absolute Gasteiger partial charge is 0.00105 e. The predicted molar refractivity (Wildman–Crippen MR) is 72.7 cm³/mol. The molecule has 1 N–H and O–H groups in total. The van der Waals surface area contributed by atoms with Crippen LogP contribution in [0.15, 0.2) is 24.3 Å². The molecule has 0 heterocycles. The van der Waals surface area contributed by atoms with Crippen LogP contribution < -0.4 is 5.32 Å². The van der Waals surface area contributed by atoms with Crippen LogP contribution in [0, 0.1) is 13.8 Å². The molecule has 0 unspecified atom stereocenters. The van der Waals surface area contributed by atoms with E-state index in [0.29, 0.717) is 6.04 Å². The largest absolute Gasteiger partial charge is 0.314 e. The lowest BCUT2D eigenvalue weighted by molar-refractivity contribution is 0.595. The first-order valence-electron chi connectivity index (χ1n) is 6.07. The second-order valence-electron chi connectivity index (χ2n) is 4.59. The predicted octanol–water partition coefficient (Wildman–Crippen LogP) is 3.70. The summed E-state index contributed by atoms with van der Waals surface area (Å²) < 4.78 is 0. The Hall–Kier alpha value is -1.08. The zero-order chi connectivity index (χ0) is 12.0. The molecule has 1 aromatic carbocycles. The van der Waals surface area contributed by atoms with E-state index >= 15 is 0 Å². The third-order valence-electron chi connectivity index (χ3n) is 2.81. The summed E-state index contributed by atoms with van der Waals surface area (Å²) in [5, 5.41) is 3.41. The van der Waals surface area contributed by atoms with Gasteiger partial charge in [0.15, 0.2) is 0 Å². The first-order chi connectivity index (χ1) is 7.61. The Morgan fingerprint density at radius 1 is 1.25 bits per heavy atom. The minimum Gasteiger partial charge on any atom is -0.314 e. The Morgan fingerprint density at radius 2 is 2.00 bits per heavy atom. The molecule has 0 radical (unpaired) electrons. The highest BCUT2D eigenvalue weighted by molar-refractivity contribution is 5.55. The number of hydrogen-bond acceptors (Lipinski definition) is 1. The molecule has 0 amide bonds. The molecule has 1 rings (SSSR count). The molecule has 0 saturated carbocycles. The molecule has 1 aromatic rings. The monoisotopic (exact) mass is 217 g/mol. The second-order valence-corrected chi connectivity index (χ2v) is 4.59. The summed E-state index contributed by atoms with van der Waals surface area (Å²) in [4.78, 5) is 0. The van der Waals surface area contributed by atoms with Crippen molar-refractivity contribution in [1.82, 2.24) is 5.32 Å². The molecule has 1 heteroatoms. The van der Waals surface area contributed by atoms with Gasteiger partial charge in [0.25, 0.3) is 0 Å². The average Bonchev–Trinajstić information content (AvgIpc) is 2.23. The van der Waals surface area contributed by atoms with Crippen molar-refractivity contribution in [3.63, 3.8) is 0 Å². The fraction of sp³-hybridized carbons (Fsp3) is 0.467. The SMILES string of the molecule is Cc1cccc(C=CCCNC(C)C)c1C. The topological polar surface area (TPSA) is 12.0 Å². The highest BCUT2D eigenvalue weighted by Gasteiger charge is 1.95. The zero-order valence-corrected chi connectivity index (χ0v) is 10.9. The Balaban J connectivity index is 2.47. The van der Waals surface area contributed by atoms with Gasteiger partial charge in [-0.2, -0.15) is 0 Å². The molecule has 1 nitrogen and oxygen atoms in total. The average molecular weight is 217 g/mol. The van der Waals surface area contributed by atoms with Gasteiger partial charge in [0.2, 0.25) is 0 Å². The summed E-state index contributed by atoms with van der Waals surface area (Å²) in [5.41, 5.74) is 4.09. The summed E-state index contributed by atoms with van der Waals surface area (Å²) in [6, 6.07) is 7.03. The van der Waals surface area contributed by atoms with Gasteiger partial charge in [0.05, 0.1) is 0 Å². The van der Waals surface area contributed by atoms with Crippen LogP contribution in [0.25, 0.3) is 6.08 Å². The molecule has 0 aliphatic carbocycles. The van der Waals surface area contributed by atoms with E-state index in [2.05, 4.69) is 63.4 Å². The van der Waals surface area contributed by atoms with E-state index in [1.165, 1.54) is 16.7 Å². The minimum absolute atomic E-state index is 0.578. The lowest BCUT2D eigenvalue weighted by Crippen LogP contribution is -2.23. The fourth-order valence-corrected chi connectivity index (χ4v) is 1.62. The Labute approximate surface area is 99.6 Å². The van der Waals surface area contributed by atoms with E-state index in [4.69, 9.17) is 0 Å². The van der Waals surface area contributed by atoms with Gasteiger partial charge in [-0.1, -0.05) is 44.2 Å². The normalized spacial score (nSPS) is 11.6. The van der Waals surface area contributed by atoms with Crippen molar-refractivity contribution in [2.75, 3.05) is 6.54 Å². The van der Waals surface area contributed by atoms with Gasteiger partial charge in [-0.3, -0.25) is 0 Å². The van der Waals surface area contributed by atoms with Crippen LogP contribution in [-0.2, 0) is 0 Å². The van der Waals surface area contributed by atoms with Crippen LogP contribution >= 0.6 is 0 Å². The Morgan fingerprint density at radius 3 is 2.69 bits per heavy atom. The van der Waals surface area contributed by atoms with E-state index in [0.717, 1.165) is 13.0 Å². The summed E-state index contributed by atoms with van der Waals surface area (Å²) in [5.74, 6) is 0. The standard InChI is InChI=1S/C15H23N/c1-12(2)16-11-6-5-9-15-10-7-8-13(3)14(15)4/h5,7-10,12,16H,6,11H2,1-4H3. The van der Waals surface area contributed by atoms with Crippen LogP contribution in [0.4, 0.5) is 0 Å². The summed E-state index contributed by atoms with van der Waals surface area (Å²) in [6.45, 7) is 9.75. The molecule has 0 atom stereocenters. The van der Waals surface area contributed by atoms with Crippen molar-refractivity contribution in [3.05, 3.63) is 41.0 Å². The van der Waals surface area contributed by atoms with Gasteiger partial charge in [-0.15, -0.1) is 0 Å². The van der Waals surface area contributed by atoms with Crippen molar-refractivity contribution in [1.29, 1.82) is 0 Å². The number of hydrogen-bond donors (Lipinski definition) is 1. The van der Waals surface area contributed by atoms with Crippen LogP contribution in [0.2, 0.25) is 0 Å². The van der Waals surface area contributed by atoms with Gasteiger partial charge in [-0.05, 0) is 43.5 Å². The Bertz CT molecular complexity index is 350. The van der Waals surface area contributed by atoms with Crippen LogP contribution in [0.1, 0.15) is 37.0 Å². The highest BCUT2D eigenvalue weighted by Crippen LogP contribution is 2.14. The number of nitrogens with one attached hydrogen (secondary N) is 1. The van der Waals surface area contributed by atoms with Crippen molar-refractivity contribution < 1.29 is 0 Å². The highest BCUT2D eigenvalue weighted by atomic mass is 14.9. The van der Waals surface area contributed by atoms with Gasteiger partial charge < -0.3 is 5.32 Å². The maximum atomic E-state index is 3.41. The second kappa shape index (κ2) is 6.49. The van der Waals surface area contributed by atoms with E-state index in [-0.39, 0.29) is 0 Å². The first-order valence-corrected chi connectivity index (χ1v) is 6.07. The lowest BCUT2D eigenvalue weighted by atomic mass is 10.0. The van der Waals surface area contributed by atoms with Crippen molar-refractivity contribution in [3.8, 4) is 0 Å². The van der Waals surface area contributed by atoms with Gasteiger partial charge >= 0.3 is 0 Å². The minimum atomic E-state index is 0.578. The van der Waals surface area contributed by atoms with Crippen molar-refractivity contribution in [2.24, 2.45) is 0 Å². The summed E-state index contributed by atoms with van der Waals surface area (Å²) in [6.07, 6.45) is 5.56. The number of rotatable bonds is 5. The van der Waals surface area contributed by atoms with E-state index in [1.54, 1.807) is 0 Å². The molecular formula is C15H23N. The first kappa shape index (κ1) is 13.0. The van der Waals surface area contributed by atoms with E-state index in [9.17, 15) is 0 Å². The molecule has 0 bridgehead atoms. The van der Waals surface area contributed by atoms with E-state index < -0.39 is 0 Å². The third kappa shape index (κ3) is 4.19. The van der Waals surface area contributed by atoms with Crippen LogP contribution in [0.3, 0.4) is 0 Å². The van der Waals surface area contributed by atoms with Crippen LogP contribution in [-0.4, -0.2) is 12.6 Å². The lowest BCUT2D eigenvalue weighted by Gasteiger charge is -2.06. The van der Waals surface area contributed by atoms with Crippen LogP contribution in [0.5, 0.6) is 0 Å². The maximum absolute atomic E-state index is 3.41. The number of aryl methyl sites for hydroxylation is 1. The fourth-order valence-electron chi connectivity index (χ4n) is 1.62.